The van der Waals surface area contributed by atoms with Crippen LogP contribution in [0.25, 0.3) is 10.9 Å². The molecule has 3 heteroatoms. The predicted octanol–water partition coefficient (Wildman–Crippen LogP) is 3.15. The number of rotatable bonds is 3. The summed E-state index contributed by atoms with van der Waals surface area (Å²) in [4.78, 5) is 12.0. The van der Waals surface area contributed by atoms with Gasteiger partial charge >= 0.3 is 0 Å². The Morgan fingerprint density at radius 1 is 1.00 bits per heavy atom. The lowest BCUT2D eigenvalue weighted by Gasteiger charge is -2.12. The molecule has 0 aliphatic heterocycles. The van der Waals surface area contributed by atoms with E-state index >= 15 is 0 Å². The van der Waals surface area contributed by atoms with Crippen LogP contribution in [0.2, 0.25) is 0 Å². The molecule has 0 atom stereocenters. The molecular formula is C17H16N2O. The van der Waals surface area contributed by atoms with Crippen LogP contribution in [0.15, 0.2) is 65.5 Å². The van der Waals surface area contributed by atoms with Crippen molar-refractivity contribution < 1.29 is 0 Å². The summed E-state index contributed by atoms with van der Waals surface area (Å²) in [5.74, 6) is 0. The smallest absolute Gasteiger partial charge is 0.252 e. The standard InChI is InChI=1S/C17H16N2O/c1-19-16-10-6-5-9-14(16)15(11-17(19)20)18-12-13-7-3-2-4-8-13/h2-11,18H,12H2,1H3. The highest BCUT2D eigenvalue weighted by Gasteiger charge is 2.05. The summed E-state index contributed by atoms with van der Waals surface area (Å²) in [5, 5.41) is 4.42. The zero-order valence-electron chi connectivity index (χ0n) is 11.3. The van der Waals surface area contributed by atoms with Crippen molar-refractivity contribution in [1.82, 2.24) is 4.57 Å². The van der Waals surface area contributed by atoms with Crippen molar-refractivity contribution in [3.63, 3.8) is 0 Å². The van der Waals surface area contributed by atoms with Crippen LogP contribution in [0, 0.1) is 0 Å². The van der Waals surface area contributed by atoms with E-state index in [1.165, 1.54) is 5.56 Å². The van der Waals surface area contributed by atoms with E-state index in [2.05, 4.69) is 17.4 Å². The number of fused-ring (bicyclic) bond motifs is 1. The molecule has 0 radical (unpaired) electrons. The first-order chi connectivity index (χ1) is 9.75. The molecule has 0 amide bonds. The molecule has 0 saturated heterocycles. The van der Waals surface area contributed by atoms with Crippen molar-refractivity contribution >= 4 is 16.6 Å². The van der Waals surface area contributed by atoms with Crippen molar-refractivity contribution in [3.05, 3.63) is 76.6 Å². The first kappa shape index (κ1) is 12.5. The maximum absolute atomic E-state index is 12.0. The lowest BCUT2D eigenvalue weighted by Crippen LogP contribution is -2.17. The summed E-state index contributed by atoms with van der Waals surface area (Å²) >= 11 is 0. The first-order valence-electron chi connectivity index (χ1n) is 6.62. The van der Waals surface area contributed by atoms with Crippen LogP contribution < -0.4 is 10.9 Å². The van der Waals surface area contributed by atoms with Gasteiger partial charge in [-0.25, -0.2) is 0 Å². The number of para-hydroxylation sites is 1. The van der Waals surface area contributed by atoms with Gasteiger partial charge in [-0.2, -0.15) is 0 Å². The van der Waals surface area contributed by atoms with Crippen LogP contribution in [0.5, 0.6) is 0 Å². The second-order valence-electron chi connectivity index (χ2n) is 4.81. The SMILES string of the molecule is Cn1c(=O)cc(NCc2ccccc2)c2ccccc21. The molecule has 0 spiro atoms. The number of nitrogens with one attached hydrogen (secondary N) is 1. The molecule has 3 nitrogen and oxygen atoms in total. The summed E-state index contributed by atoms with van der Waals surface area (Å²) in [6, 6.07) is 19.7. The first-order valence-corrected chi connectivity index (χ1v) is 6.62. The molecule has 0 fully saturated rings. The quantitative estimate of drug-likeness (QED) is 0.788. The van der Waals surface area contributed by atoms with E-state index < -0.39 is 0 Å². The monoisotopic (exact) mass is 264 g/mol. The molecule has 0 aliphatic rings. The highest BCUT2D eigenvalue weighted by Crippen LogP contribution is 2.21. The van der Waals surface area contributed by atoms with E-state index in [1.54, 1.807) is 17.7 Å². The van der Waals surface area contributed by atoms with Gasteiger partial charge in [0.1, 0.15) is 0 Å². The van der Waals surface area contributed by atoms with Crippen LogP contribution in [-0.2, 0) is 13.6 Å². The van der Waals surface area contributed by atoms with Gasteiger partial charge in [-0.05, 0) is 11.6 Å². The van der Waals surface area contributed by atoms with Crippen LogP contribution in [-0.4, -0.2) is 4.57 Å². The molecular weight excluding hydrogens is 248 g/mol. The molecule has 1 heterocycles. The number of benzene rings is 2. The number of hydrogen-bond donors (Lipinski definition) is 1. The number of anilines is 1. The average Bonchev–Trinajstić information content (AvgIpc) is 2.50. The predicted molar refractivity (Wildman–Crippen MR) is 83.0 cm³/mol. The summed E-state index contributed by atoms with van der Waals surface area (Å²) in [6.45, 7) is 0.706. The van der Waals surface area contributed by atoms with Gasteiger partial charge in [0.15, 0.2) is 0 Å². The molecule has 2 aromatic carbocycles. The normalized spacial score (nSPS) is 10.7. The Balaban J connectivity index is 2.00. The van der Waals surface area contributed by atoms with Gasteiger partial charge in [0.25, 0.3) is 5.56 Å². The van der Waals surface area contributed by atoms with E-state index in [9.17, 15) is 4.79 Å². The van der Waals surface area contributed by atoms with Crippen molar-refractivity contribution in [2.24, 2.45) is 7.05 Å². The number of aryl methyl sites for hydroxylation is 1. The second-order valence-corrected chi connectivity index (χ2v) is 4.81. The van der Waals surface area contributed by atoms with Crippen LogP contribution in [0.1, 0.15) is 5.56 Å². The summed E-state index contributed by atoms with van der Waals surface area (Å²) < 4.78 is 1.67. The minimum absolute atomic E-state index is 0.000684. The maximum Gasteiger partial charge on any atom is 0.252 e. The van der Waals surface area contributed by atoms with E-state index in [4.69, 9.17) is 0 Å². The number of pyridine rings is 1. The van der Waals surface area contributed by atoms with Gasteiger partial charge in [0, 0.05) is 30.7 Å². The fourth-order valence-corrected chi connectivity index (χ4v) is 2.35. The molecule has 0 aliphatic carbocycles. The zero-order chi connectivity index (χ0) is 13.9. The Kier molecular flexibility index (Phi) is 3.25. The van der Waals surface area contributed by atoms with E-state index in [0.717, 1.165) is 16.6 Å². The van der Waals surface area contributed by atoms with Crippen LogP contribution in [0.3, 0.4) is 0 Å². The number of nitrogens with zero attached hydrogens (tertiary/aromatic N) is 1. The second kappa shape index (κ2) is 5.21. The Morgan fingerprint density at radius 3 is 2.50 bits per heavy atom. The Labute approximate surface area is 117 Å². The third-order valence-corrected chi connectivity index (χ3v) is 3.48. The summed E-state index contributed by atoms with van der Waals surface area (Å²) in [6.07, 6.45) is 0. The van der Waals surface area contributed by atoms with E-state index in [1.807, 2.05) is 42.5 Å². The van der Waals surface area contributed by atoms with Crippen molar-refractivity contribution in [1.29, 1.82) is 0 Å². The van der Waals surface area contributed by atoms with E-state index in [-0.39, 0.29) is 5.56 Å². The van der Waals surface area contributed by atoms with E-state index in [0.29, 0.717) is 6.54 Å². The number of aromatic nitrogens is 1. The molecule has 0 unspecified atom stereocenters. The van der Waals surface area contributed by atoms with Crippen molar-refractivity contribution in [3.8, 4) is 0 Å². The largest absolute Gasteiger partial charge is 0.380 e. The molecule has 100 valence electrons. The van der Waals surface area contributed by atoms with Gasteiger partial charge in [-0.3, -0.25) is 4.79 Å². The molecule has 1 aromatic heterocycles. The van der Waals surface area contributed by atoms with Gasteiger partial charge in [-0.15, -0.1) is 0 Å². The van der Waals surface area contributed by atoms with Crippen molar-refractivity contribution in [2.45, 2.75) is 6.54 Å². The zero-order valence-corrected chi connectivity index (χ0v) is 11.3. The minimum atomic E-state index is -0.000684. The maximum atomic E-state index is 12.0. The Hall–Kier alpha value is -2.55. The average molecular weight is 264 g/mol. The fourth-order valence-electron chi connectivity index (χ4n) is 2.35. The minimum Gasteiger partial charge on any atom is -0.380 e. The lowest BCUT2D eigenvalue weighted by molar-refractivity contribution is 0.905. The van der Waals surface area contributed by atoms with Gasteiger partial charge < -0.3 is 9.88 Å². The summed E-state index contributed by atoms with van der Waals surface area (Å²) in [7, 11) is 1.80. The highest BCUT2D eigenvalue weighted by molar-refractivity contribution is 5.91. The lowest BCUT2D eigenvalue weighted by atomic mass is 10.1. The topological polar surface area (TPSA) is 34.0 Å². The third kappa shape index (κ3) is 2.30. The highest BCUT2D eigenvalue weighted by atomic mass is 16.1. The summed E-state index contributed by atoms with van der Waals surface area (Å²) in [5.41, 5.74) is 3.01. The van der Waals surface area contributed by atoms with Crippen molar-refractivity contribution in [2.75, 3.05) is 5.32 Å². The van der Waals surface area contributed by atoms with Gasteiger partial charge in [0.05, 0.1) is 5.52 Å². The fraction of sp³-hybridized carbons (Fsp3) is 0.118. The molecule has 3 rings (SSSR count). The Morgan fingerprint density at radius 2 is 1.70 bits per heavy atom. The van der Waals surface area contributed by atoms with Crippen LogP contribution >= 0.6 is 0 Å². The van der Waals surface area contributed by atoms with Crippen LogP contribution in [0.4, 0.5) is 5.69 Å². The Bertz CT molecular complexity index is 791. The molecule has 0 bridgehead atoms. The molecule has 0 saturated carbocycles. The van der Waals surface area contributed by atoms with Gasteiger partial charge in [0.2, 0.25) is 0 Å². The molecule has 1 N–H and O–H groups in total. The molecule has 3 aromatic rings. The number of hydrogen-bond acceptors (Lipinski definition) is 2. The molecule has 20 heavy (non-hydrogen) atoms. The van der Waals surface area contributed by atoms with Gasteiger partial charge in [-0.1, -0.05) is 48.5 Å². The third-order valence-electron chi connectivity index (χ3n) is 3.48.